The molecule has 2 nitrogen and oxygen atoms in total. The minimum absolute atomic E-state index is 0.132. The standard InChI is InChI=1S/C14H25NO/c1-11-7-9-15(10-12(11)2)14(3)8-5-4-6-13(14)16/h11-12H,4-10H2,1-3H3/t11?,12?,14-/m0/s1. The SMILES string of the molecule is CC1CCN([C@@]2(C)CCCCC2=O)CC1C. The van der Waals surface area contributed by atoms with E-state index >= 15 is 0 Å². The summed E-state index contributed by atoms with van der Waals surface area (Å²) >= 11 is 0. The van der Waals surface area contributed by atoms with Gasteiger partial charge in [0.05, 0.1) is 5.54 Å². The second-order valence-electron chi connectivity index (χ2n) is 6.09. The highest BCUT2D eigenvalue weighted by molar-refractivity contribution is 5.88. The molecule has 0 N–H and O–H groups in total. The molecule has 2 fully saturated rings. The predicted octanol–water partition coefficient (Wildman–Crippen LogP) is 2.87. The van der Waals surface area contributed by atoms with Gasteiger partial charge in [-0.1, -0.05) is 20.3 Å². The molecule has 1 heterocycles. The molecule has 1 aliphatic heterocycles. The zero-order valence-electron chi connectivity index (χ0n) is 11.0. The summed E-state index contributed by atoms with van der Waals surface area (Å²) in [4.78, 5) is 14.6. The Morgan fingerprint density at radius 2 is 2.00 bits per heavy atom. The first kappa shape index (κ1) is 12.1. The number of carbonyl (C=O) groups excluding carboxylic acids is 1. The second-order valence-corrected chi connectivity index (χ2v) is 6.09. The van der Waals surface area contributed by atoms with Crippen molar-refractivity contribution >= 4 is 5.78 Å². The molecule has 2 rings (SSSR count). The van der Waals surface area contributed by atoms with Crippen molar-refractivity contribution in [3.8, 4) is 0 Å². The van der Waals surface area contributed by atoms with Gasteiger partial charge in [0.2, 0.25) is 0 Å². The van der Waals surface area contributed by atoms with E-state index in [4.69, 9.17) is 0 Å². The average molecular weight is 223 g/mol. The van der Waals surface area contributed by atoms with E-state index in [-0.39, 0.29) is 5.54 Å². The van der Waals surface area contributed by atoms with Crippen LogP contribution in [0.2, 0.25) is 0 Å². The van der Waals surface area contributed by atoms with Crippen LogP contribution >= 0.6 is 0 Å². The minimum Gasteiger partial charge on any atom is -0.298 e. The van der Waals surface area contributed by atoms with Crippen molar-refractivity contribution in [2.24, 2.45) is 11.8 Å². The molecule has 16 heavy (non-hydrogen) atoms. The van der Waals surface area contributed by atoms with Crippen LogP contribution in [0.25, 0.3) is 0 Å². The van der Waals surface area contributed by atoms with Crippen molar-refractivity contribution in [1.29, 1.82) is 0 Å². The lowest BCUT2D eigenvalue weighted by molar-refractivity contribution is -0.135. The topological polar surface area (TPSA) is 20.3 Å². The van der Waals surface area contributed by atoms with Gasteiger partial charge in [0, 0.05) is 13.0 Å². The Bertz CT molecular complexity index is 276. The van der Waals surface area contributed by atoms with E-state index in [1.54, 1.807) is 0 Å². The number of ketones is 1. The van der Waals surface area contributed by atoms with E-state index in [9.17, 15) is 4.79 Å². The van der Waals surface area contributed by atoms with Crippen LogP contribution < -0.4 is 0 Å². The molecule has 2 heteroatoms. The van der Waals surface area contributed by atoms with Crippen LogP contribution in [0.1, 0.15) is 52.9 Å². The fraction of sp³-hybridized carbons (Fsp3) is 0.929. The smallest absolute Gasteiger partial charge is 0.152 e. The fourth-order valence-electron chi connectivity index (χ4n) is 3.21. The molecule has 2 aliphatic rings. The number of carbonyl (C=O) groups is 1. The maximum absolute atomic E-state index is 12.2. The van der Waals surface area contributed by atoms with E-state index in [2.05, 4.69) is 25.7 Å². The first-order valence-electron chi connectivity index (χ1n) is 6.82. The molecular weight excluding hydrogens is 198 g/mol. The lowest BCUT2D eigenvalue weighted by Gasteiger charge is -2.47. The molecule has 0 aromatic carbocycles. The molecule has 0 aromatic rings. The molecule has 3 atom stereocenters. The maximum atomic E-state index is 12.2. The summed E-state index contributed by atoms with van der Waals surface area (Å²) in [6.07, 6.45) is 5.46. The van der Waals surface area contributed by atoms with Crippen LogP contribution in [0.5, 0.6) is 0 Å². The number of piperidine rings is 1. The number of likely N-dealkylation sites (tertiary alicyclic amines) is 1. The van der Waals surface area contributed by atoms with Gasteiger partial charge in [0.1, 0.15) is 0 Å². The number of hydrogen-bond acceptors (Lipinski definition) is 2. The molecule has 0 amide bonds. The number of rotatable bonds is 1. The summed E-state index contributed by atoms with van der Waals surface area (Å²) in [5.41, 5.74) is -0.132. The summed E-state index contributed by atoms with van der Waals surface area (Å²) in [6.45, 7) is 9.08. The zero-order chi connectivity index (χ0) is 11.8. The number of Topliss-reactive ketones (excluding diaryl/α,β-unsaturated/α-hetero) is 1. The normalized spacial score (nSPS) is 42.3. The van der Waals surface area contributed by atoms with Gasteiger partial charge in [-0.25, -0.2) is 0 Å². The van der Waals surface area contributed by atoms with Gasteiger partial charge in [-0.05, 0) is 44.6 Å². The van der Waals surface area contributed by atoms with E-state index in [1.165, 1.54) is 12.8 Å². The predicted molar refractivity (Wildman–Crippen MR) is 66.4 cm³/mol. The van der Waals surface area contributed by atoms with Gasteiger partial charge in [0.25, 0.3) is 0 Å². The van der Waals surface area contributed by atoms with Crippen molar-refractivity contribution in [3.05, 3.63) is 0 Å². The molecule has 2 unspecified atom stereocenters. The first-order valence-corrected chi connectivity index (χ1v) is 6.82. The van der Waals surface area contributed by atoms with Crippen LogP contribution in [0.3, 0.4) is 0 Å². The van der Waals surface area contributed by atoms with Gasteiger partial charge < -0.3 is 0 Å². The third-order valence-electron chi connectivity index (χ3n) is 4.95. The summed E-state index contributed by atoms with van der Waals surface area (Å²) in [7, 11) is 0. The van der Waals surface area contributed by atoms with Crippen LogP contribution in [-0.2, 0) is 4.79 Å². The van der Waals surface area contributed by atoms with Crippen molar-refractivity contribution in [3.63, 3.8) is 0 Å². The van der Waals surface area contributed by atoms with Gasteiger partial charge >= 0.3 is 0 Å². The summed E-state index contributed by atoms with van der Waals surface area (Å²) in [6, 6.07) is 0. The van der Waals surface area contributed by atoms with Crippen LogP contribution in [-0.4, -0.2) is 29.3 Å². The van der Waals surface area contributed by atoms with E-state index in [0.717, 1.165) is 44.2 Å². The number of nitrogens with zero attached hydrogens (tertiary/aromatic N) is 1. The van der Waals surface area contributed by atoms with Crippen molar-refractivity contribution in [2.45, 2.75) is 58.4 Å². The molecule has 1 saturated heterocycles. The second kappa shape index (κ2) is 4.48. The Balaban J connectivity index is 2.08. The highest BCUT2D eigenvalue weighted by Crippen LogP contribution is 2.35. The highest BCUT2D eigenvalue weighted by Gasteiger charge is 2.42. The monoisotopic (exact) mass is 223 g/mol. The largest absolute Gasteiger partial charge is 0.298 e. The first-order chi connectivity index (χ1) is 7.54. The van der Waals surface area contributed by atoms with Crippen LogP contribution in [0, 0.1) is 11.8 Å². The van der Waals surface area contributed by atoms with Gasteiger partial charge in [-0.2, -0.15) is 0 Å². The third kappa shape index (κ3) is 2.04. The molecule has 1 aliphatic carbocycles. The fourth-order valence-corrected chi connectivity index (χ4v) is 3.21. The van der Waals surface area contributed by atoms with Crippen LogP contribution in [0.4, 0.5) is 0 Å². The molecular formula is C14H25NO. The molecule has 0 bridgehead atoms. The Morgan fingerprint density at radius 3 is 2.62 bits per heavy atom. The Labute approximate surface area is 99.4 Å². The molecule has 1 saturated carbocycles. The summed E-state index contributed by atoms with van der Waals surface area (Å²) in [5, 5.41) is 0. The van der Waals surface area contributed by atoms with Gasteiger partial charge in [-0.15, -0.1) is 0 Å². The van der Waals surface area contributed by atoms with Gasteiger partial charge in [-0.3, -0.25) is 9.69 Å². The van der Waals surface area contributed by atoms with Crippen molar-refractivity contribution in [1.82, 2.24) is 4.90 Å². The van der Waals surface area contributed by atoms with E-state index in [0.29, 0.717) is 5.78 Å². The molecule has 0 aromatic heterocycles. The Hall–Kier alpha value is -0.370. The quantitative estimate of drug-likeness (QED) is 0.681. The maximum Gasteiger partial charge on any atom is 0.152 e. The zero-order valence-corrected chi connectivity index (χ0v) is 11.0. The van der Waals surface area contributed by atoms with E-state index in [1.807, 2.05) is 0 Å². The highest BCUT2D eigenvalue weighted by atomic mass is 16.1. The lowest BCUT2D eigenvalue weighted by Crippen LogP contribution is -2.57. The molecule has 92 valence electrons. The number of hydrogen-bond donors (Lipinski definition) is 0. The van der Waals surface area contributed by atoms with E-state index < -0.39 is 0 Å². The minimum atomic E-state index is -0.132. The summed E-state index contributed by atoms with van der Waals surface area (Å²) < 4.78 is 0. The van der Waals surface area contributed by atoms with Crippen LogP contribution in [0.15, 0.2) is 0 Å². The molecule has 0 spiro atoms. The summed E-state index contributed by atoms with van der Waals surface area (Å²) in [5.74, 6) is 2.04. The molecule has 0 radical (unpaired) electrons. The van der Waals surface area contributed by atoms with Crippen molar-refractivity contribution < 1.29 is 4.79 Å². The third-order valence-corrected chi connectivity index (χ3v) is 4.95. The average Bonchev–Trinajstić information content (AvgIpc) is 2.26. The van der Waals surface area contributed by atoms with Gasteiger partial charge in [0.15, 0.2) is 5.78 Å². The Morgan fingerprint density at radius 1 is 1.25 bits per heavy atom. The lowest BCUT2D eigenvalue weighted by atomic mass is 9.77. The Kier molecular flexibility index (Phi) is 3.39. The van der Waals surface area contributed by atoms with Crippen molar-refractivity contribution in [2.75, 3.05) is 13.1 Å².